The Kier molecular flexibility index (Phi) is 7.17. The number of nitrogens with one attached hydrogen (secondary N) is 2. The molecule has 0 spiro atoms. The zero-order valence-corrected chi connectivity index (χ0v) is 15.3. The lowest BCUT2D eigenvalue weighted by Crippen LogP contribution is -2.26. The van der Waals surface area contributed by atoms with Crippen molar-refractivity contribution in [1.29, 1.82) is 0 Å². The van der Waals surface area contributed by atoms with E-state index in [9.17, 15) is 9.59 Å². The molecular formula is C19H20ClN3O3. The van der Waals surface area contributed by atoms with Crippen LogP contribution in [0, 0.1) is 0 Å². The fraction of sp³-hybridized carbons (Fsp3) is 0.211. The number of carbonyl (C=O) groups is 2. The van der Waals surface area contributed by atoms with E-state index in [1.54, 1.807) is 50.4 Å². The van der Waals surface area contributed by atoms with E-state index < -0.39 is 0 Å². The number of rotatable bonds is 7. The molecule has 0 fully saturated rings. The minimum atomic E-state index is -0.353. The zero-order chi connectivity index (χ0) is 18.9. The summed E-state index contributed by atoms with van der Waals surface area (Å²) in [6.07, 6.45) is 0.0937. The van der Waals surface area contributed by atoms with Gasteiger partial charge < -0.3 is 10.1 Å². The van der Waals surface area contributed by atoms with Gasteiger partial charge in [-0.25, -0.2) is 5.43 Å². The van der Waals surface area contributed by atoms with Crippen LogP contribution in [0.1, 0.15) is 29.3 Å². The molecule has 7 heteroatoms. The van der Waals surface area contributed by atoms with Crippen LogP contribution in [-0.2, 0) is 11.3 Å². The summed E-state index contributed by atoms with van der Waals surface area (Å²) in [5, 5.41) is 7.40. The number of hydrogen-bond donors (Lipinski definition) is 2. The van der Waals surface area contributed by atoms with Gasteiger partial charge in [-0.1, -0.05) is 23.7 Å². The largest absolute Gasteiger partial charge is 0.497 e. The summed E-state index contributed by atoms with van der Waals surface area (Å²) in [6.45, 7) is 2.08. The summed E-state index contributed by atoms with van der Waals surface area (Å²) in [5.74, 6) is 0.132. The van der Waals surface area contributed by atoms with Gasteiger partial charge in [0.25, 0.3) is 5.91 Å². The van der Waals surface area contributed by atoms with Gasteiger partial charge >= 0.3 is 0 Å². The molecule has 2 amide bonds. The lowest BCUT2D eigenvalue weighted by atomic mass is 10.2. The summed E-state index contributed by atoms with van der Waals surface area (Å²) < 4.78 is 5.04. The second kappa shape index (κ2) is 9.58. The molecule has 2 rings (SSSR count). The first kappa shape index (κ1) is 19.5. The first-order valence-electron chi connectivity index (χ1n) is 7.96. The maximum atomic E-state index is 12.0. The topological polar surface area (TPSA) is 79.8 Å². The second-order valence-corrected chi connectivity index (χ2v) is 6.03. The number of halogens is 1. The number of ether oxygens (including phenoxy) is 1. The predicted octanol–water partition coefficient (Wildman–Crippen LogP) is 3.16. The van der Waals surface area contributed by atoms with Gasteiger partial charge in [-0.2, -0.15) is 5.10 Å². The van der Waals surface area contributed by atoms with Gasteiger partial charge in [0.2, 0.25) is 5.91 Å². The van der Waals surface area contributed by atoms with E-state index in [0.717, 1.165) is 5.56 Å². The molecule has 26 heavy (non-hydrogen) atoms. The van der Waals surface area contributed by atoms with Crippen molar-refractivity contribution in [2.45, 2.75) is 19.9 Å². The molecule has 0 aromatic heterocycles. The molecule has 0 bridgehead atoms. The van der Waals surface area contributed by atoms with Crippen molar-refractivity contribution >= 4 is 29.1 Å². The lowest BCUT2D eigenvalue weighted by Gasteiger charge is -2.06. The third-order valence-corrected chi connectivity index (χ3v) is 3.77. The number of benzene rings is 2. The zero-order valence-electron chi connectivity index (χ0n) is 14.6. The van der Waals surface area contributed by atoms with Crippen LogP contribution in [0.2, 0.25) is 5.02 Å². The summed E-state index contributed by atoms with van der Waals surface area (Å²) in [4.78, 5) is 23.9. The number of carbonyl (C=O) groups excluding carboxylic acids is 2. The van der Waals surface area contributed by atoms with Gasteiger partial charge in [-0.15, -0.1) is 0 Å². The molecule has 0 unspecified atom stereocenters. The molecule has 6 nitrogen and oxygen atoms in total. The molecule has 0 heterocycles. The highest BCUT2D eigenvalue weighted by Gasteiger charge is 2.07. The van der Waals surface area contributed by atoms with Crippen LogP contribution >= 0.6 is 11.6 Å². The highest BCUT2D eigenvalue weighted by Crippen LogP contribution is 2.11. The molecule has 0 radical (unpaired) electrons. The Balaban J connectivity index is 1.79. The van der Waals surface area contributed by atoms with Crippen LogP contribution < -0.4 is 15.5 Å². The first-order chi connectivity index (χ1) is 12.5. The Morgan fingerprint density at radius 2 is 1.73 bits per heavy atom. The number of methoxy groups -OCH3 is 1. The van der Waals surface area contributed by atoms with Crippen LogP contribution in [0.5, 0.6) is 5.75 Å². The summed E-state index contributed by atoms with van der Waals surface area (Å²) in [5.41, 5.74) is 4.34. The summed E-state index contributed by atoms with van der Waals surface area (Å²) in [7, 11) is 1.56. The fourth-order valence-electron chi connectivity index (χ4n) is 2.09. The second-order valence-electron chi connectivity index (χ2n) is 5.60. The molecule has 0 saturated carbocycles. The first-order valence-corrected chi connectivity index (χ1v) is 8.34. The average Bonchev–Trinajstić information content (AvgIpc) is 2.65. The van der Waals surface area contributed by atoms with E-state index in [1.165, 1.54) is 0 Å². The maximum absolute atomic E-state index is 12.0. The Hall–Kier alpha value is -2.86. The van der Waals surface area contributed by atoms with Gasteiger partial charge in [0.15, 0.2) is 0 Å². The molecular weight excluding hydrogens is 354 g/mol. The van der Waals surface area contributed by atoms with Gasteiger partial charge in [-0.05, 0) is 48.9 Å². The van der Waals surface area contributed by atoms with Crippen molar-refractivity contribution in [3.8, 4) is 5.75 Å². The van der Waals surface area contributed by atoms with Crippen LogP contribution in [0.15, 0.2) is 53.6 Å². The summed E-state index contributed by atoms with van der Waals surface area (Å²) >= 11 is 5.82. The predicted molar refractivity (Wildman–Crippen MR) is 101 cm³/mol. The van der Waals surface area contributed by atoms with Crippen LogP contribution in [0.3, 0.4) is 0 Å². The molecule has 0 aliphatic heterocycles. The van der Waals surface area contributed by atoms with E-state index in [1.807, 2.05) is 12.1 Å². The number of hydrazone groups is 1. The van der Waals surface area contributed by atoms with Gasteiger partial charge in [0, 0.05) is 22.8 Å². The summed E-state index contributed by atoms with van der Waals surface area (Å²) in [6, 6.07) is 13.9. The Labute approximate surface area is 157 Å². The molecule has 0 aliphatic carbocycles. The van der Waals surface area contributed by atoms with Crippen LogP contribution in [0.4, 0.5) is 0 Å². The van der Waals surface area contributed by atoms with E-state index in [-0.39, 0.29) is 18.2 Å². The fourth-order valence-corrected chi connectivity index (χ4v) is 2.22. The molecule has 0 atom stereocenters. The van der Waals surface area contributed by atoms with Crippen LogP contribution in [0.25, 0.3) is 0 Å². The Morgan fingerprint density at radius 1 is 1.08 bits per heavy atom. The number of amides is 2. The number of hydrogen-bond acceptors (Lipinski definition) is 4. The molecule has 2 N–H and O–H groups in total. The van der Waals surface area contributed by atoms with Crippen molar-refractivity contribution in [2.24, 2.45) is 5.10 Å². The molecule has 0 saturated heterocycles. The SMILES string of the molecule is COc1ccc(C(=O)N/N=C(\C)CC(=O)NCc2ccc(Cl)cc2)cc1. The monoisotopic (exact) mass is 373 g/mol. The smallest absolute Gasteiger partial charge is 0.271 e. The Bertz CT molecular complexity index is 787. The minimum absolute atomic E-state index is 0.0937. The van der Waals surface area contributed by atoms with Crippen molar-refractivity contribution in [3.05, 3.63) is 64.7 Å². The normalized spacial score (nSPS) is 11.0. The third-order valence-electron chi connectivity index (χ3n) is 3.52. The van der Waals surface area contributed by atoms with E-state index in [4.69, 9.17) is 16.3 Å². The van der Waals surface area contributed by atoms with Crippen molar-refractivity contribution in [3.63, 3.8) is 0 Å². The van der Waals surface area contributed by atoms with E-state index >= 15 is 0 Å². The van der Waals surface area contributed by atoms with Crippen molar-refractivity contribution in [2.75, 3.05) is 7.11 Å². The van der Waals surface area contributed by atoms with Gasteiger partial charge in [-0.3, -0.25) is 9.59 Å². The van der Waals surface area contributed by atoms with E-state index in [0.29, 0.717) is 28.6 Å². The standard InChI is InChI=1S/C19H20ClN3O3/c1-13(11-18(24)21-12-14-3-7-16(20)8-4-14)22-23-19(25)15-5-9-17(26-2)10-6-15/h3-10H,11-12H2,1-2H3,(H,21,24)(H,23,25)/b22-13+. The maximum Gasteiger partial charge on any atom is 0.271 e. The van der Waals surface area contributed by atoms with Gasteiger partial charge in [0.05, 0.1) is 13.5 Å². The highest BCUT2D eigenvalue weighted by atomic mass is 35.5. The van der Waals surface area contributed by atoms with Crippen LogP contribution in [-0.4, -0.2) is 24.6 Å². The average molecular weight is 374 g/mol. The quantitative estimate of drug-likeness (QED) is 0.578. The van der Waals surface area contributed by atoms with Crippen molar-refractivity contribution < 1.29 is 14.3 Å². The molecule has 136 valence electrons. The molecule has 2 aromatic rings. The molecule has 0 aliphatic rings. The lowest BCUT2D eigenvalue weighted by molar-refractivity contribution is -0.120. The van der Waals surface area contributed by atoms with Crippen molar-refractivity contribution in [1.82, 2.24) is 10.7 Å². The highest BCUT2D eigenvalue weighted by molar-refractivity contribution is 6.30. The molecule has 2 aromatic carbocycles. The third kappa shape index (κ3) is 6.22. The Morgan fingerprint density at radius 3 is 2.35 bits per heavy atom. The van der Waals surface area contributed by atoms with Gasteiger partial charge in [0.1, 0.15) is 5.75 Å². The van der Waals surface area contributed by atoms with E-state index in [2.05, 4.69) is 15.8 Å². The minimum Gasteiger partial charge on any atom is -0.497 e. The number of nitrogens with zero attached hydrogens (tertiary/aromatic N) is 1.